The largest absolute Gasteiger partial charge is 0.353 e. The van der Waals surface area contributed by atoms with Crippen LogP contribution in [0.15, 0.2) is 90.1 Å². The maximum Gasteiger partial charge on any atom is 0.251 e. The highest BCUT2D eigenvalue weighted by Gasteiger charge is 2.29. The second kappa shape index (κ2) is 9.80. The van der Waals surface area contributed by atoms with Crippen LogP contribution in [-0.4, -0.2) is 38.3 Å². The van der Waals surface area contributed by atoms with Gasteiger partial charge in [0.05, 0.1) is 11.4 Å². The fraction of sp³-hybridized carbons (Fsp3) is 0.136. The van der Waals surface area contributed by atoms with E-state index in [4.69, 9.17) is 0 Å². The Morgan fingerprint density at radius 2 is 1.53 bits per heavy atom. The zero-order valence-electron chi connectivity index (χ0n) is 16.1. The molecule has 2 N–H and O–H groups in total. The van der Waals surface area contributed by atoms with Crippen LogP contribution in [0.3, 0.4) is 0 Å². The fourth-order valence-corrected chi connectivity index (χ4v) is 4.53. The first-order chi connectivity index (χ1) is 14.5. The molecule has 0 radical (unpaired) electrons. The number of amides is 2. The molecule has 0 saturated carbocycles. The van der Waals surface area contributed by atoms with Crippen LogP contribution in [0.2, 0.25) is 0 Å². The number of rotatable bonds is 8. The smallest absolute Gasteiger partial charge is 0.251 e. The lowest BCUT2D eigenvalue weighted by atomic mass is 10.2. The van der Waals surface area contributed by atoms with Crippen molar-refractivity contribution in [3.63, 3.8) is 0 Å². The zero-order chi connectivity index (χ0) is 21.4. The van der Waals surface area contributed by atoms with E-state index in [-0.39, 0.29) is 23.9 Å². The molecule has 0 fully saturated rings. The predicted molar refractivity (Wildman–Crippen MR) is 112 cm³/mol. The van der Waals surface area contributed by atoms with Crippen LogP contribution >= 0.6 is 0 Å². The summed E-state index contributed by atoms with van der Waals surface area (Å²) >= 11 is 0. The van der Waals surface area contributed by atoms with Crippen molar-refractivity contribution < 1.29 is 18.0 Å². The van der Waals surface area contributed by atoms with Crippen LogP contribution in [0.1, 0.15) is 21.2 Å². The third-order valence-corrected chi connectivity index (χ3v) is 6.55. The van der Waals surface area contributed by atoms with E-state index in [9.17, 15) is 18.0 Å². The molecule has 30 heavy (non-hydrogen) atoms. The van der Waals surface area contributed by atoms with Crippen LogP contribution in [0.25, 0.3) is 0 Å². The Balaban J connectivity index is 1.68. The van der Waals surface area contributed by atoms with Gasteiger partial charge in [-0.2, -0.15) is 0 Å². The van der Waals surface area contributed by atoms with E-state index in [1.54, 1.807) is 66.9 Å². The molecule has 154 valence electrons. The molecule has 1 atom stereocenters. The highest BCUT2D eigenvalue weighted by Crippen LogP contribution is 2.27. The van der Waals surface area contributed by atoms with Crippen LogP contribution in [-0.2, 0) is 14.6 Å². The number of benzene rings is 2. The number of carbonyl (C=O) groups excluding carboxylic acids is 2. The van der Waals surface area contributed by atoms with Gasteiger partial charge in [0.15, 0.2) is 9.84 Å². The predicted octanol–water partition coefficient (Wildman–Crippen LogP) is 2.14. The van der Waals surface area contributed by atoms with Gasteiger partial charge < -0.3 is 10.6 Å². The Bertz CT molecular complexity index is 1090. The van der Waals surface area contributed by atoms with E-state index >= 15 is 0 Å². The molecule has 3 rings (SSSR count). The van der Waals surface area contributed by atoms with E-state index in [1.807, 2.05) is 0 Å². The molecule has 2 amide bonds. The SMILES string of the molecule is O=C(CNC(=O)c1ccccc1)NCC(c1cccnc1)S(=O)(=O)c1ccccc1. The van der Waals surface area contributed by atoms with E-state index < -0.39 is 21.0 Å². The molecular weight excluding hydrogens is 402 g/mol. The van der Waals surface area contributed by atoms with Gasteiger partial charge in [-0.25, -0.2) is 8.42 Å². The first kappa shape index (κ1) is 21.2. The van der Waals surface area contributed by atoms with E-state index in [1.165, 1.54) is 18.3 Å². The molecule has 0 aliphatic rings. The van der Waals surface area contributed by atoms with Crippen molar-refractivity contribution in [1.29, 1.82) is 0 Å². The molecule has 3 aromatic rings. The number of nitrogens with one attached hydrogen (secondary N) is 2. The normalized spacial score (nSPS) is 12.0. The molecule has 2 aromatic carbocycles. The number of sulfone groups is 1. The van der Waals surface area contributed by atoms with E-state index in [0.29, 0.717) is 11.1 Å². The monoisotopic (exact) mass is 423 g/mol. The van der Waals surface area contributed by atoms with Gasteiger partial charge >= 0.3 is 0 Å². The van der Waals surface area contributed by atoms with Crippen LogP contribution in [0.5, 0.6) is 0 Å². The van der Waals surface area contributed by atoms with Crippen LogP contribution in [0.4, 0.5) is 0 Å². The minimum Gasteiger partial charge on any atom is -0.353 e. The first-order valence-corrected chi connectivity index (χ1v) is 10.8. The summed E-state index contributed by atoms with van der Waals surface area (Å²) in [5.74, 6) is -0.872. The summed E-state index contributed by atoms with van der Waals surface area (Å²) in [6, 6.07) is 19.9. The summed E-state index contributed by atoms with van der Waals surface area (Å²) < 4.78 is 26.3. The van der Waals surface area contributed by atoms with E-state index in [2.05, 4.69) is 15.6 Å². The average Bonchev–Trinajstić information content (AvgIpc) is 2.79. The summed E-state index contributed by atoms with van der Waals surface area (Å²) in [7, 11) is -3.77. The van der Waals surface area contributed by atoms with Crippen molar-refractivity contribution in [1.82, 2.24) is 15.6 Å². The molecule has 1 heterocycles. The summed E-state index contributed by atoms with van der Waals surface area (Å²) in [5.41, 5.74) is 0.903. The Hall–Kier alpha value is -3.52. The topological polar surface area (TPSA) is 105 Å². The van der Waals surface area contributed by atoms with Gasteiger partial charge in [-0.1, -0.05) is 42.5 Å². The second-order valence-electron chi connectivity index (χ2n) is 6.49. The van der Waals surface area contributed by atoms with Crippen molar-refractivity contribution in [3.8, 4) is 0 Å². The molecule has 0 aliphatic carbocycles. The van der Waals surface area contributed by atoms with Crippen molar-refractivity contribution in [2.45, 2.75) is 10.1 Å². The second-order valence-corrected chi connectivity index (χ2v) is 8.62. The maximum atomic E-state index is 13.1. The Morgan fingerprint density at radius 3 is 2.17 bits per heavy atom. The average molecular weight is 423 g/mol. The van der Waals surface area contributed by atoms with Crippen LogP contribution in [0, 0.1) is 0 Å². The number of hydrogen-bond donors (Lipinski definition) is 2. The van der Waals surface area contributed by atoms with Crippen molar-refractivity contribution >= 4 is 21.7 Å². The van der Waals surface area contributed by atoms with Gasteiger partial charge in [-0.05, 0) is 35.9 Å². The molecule has 7 nitrogen and oxygen atoms in total. The zero-order valence-corrected chi connectivity index (χ0v) is 16.9. The maximum absolute atomic E-state index is 13.1. The van der Waals surface area contributed by atoms with Gasteiger partial charge in [-0.15, -0.1) is 0 Å². The molecule has 8 heteroatoms. The van der Waals surface area contributed by atoms with E-state index in [0.717, 1.165) is 0 Å². The molecule has 1 unspecified atom stereocenters. The molecule has 0 spiro atoms. The lowest BCUT2D eigenvalue weighted by molar-refractivity contribution is -0.120. The summed E-state index contributed by atoms with van der Waals surface area (Å²) in [6.07, 6.45) is 3.02. The Labute approximate surface area is 175 Å². The highest BCUT2D eigenvalue weighted by molar-refractivity contribution is 7.91. The number of aromatic nitrogens is 1. The highest BCUT2D eigenvalue weighted by atomic mass is 32.2. The molecular formula is C22H21N3O4S. The van der Waals surface area contributed by atoms with Crippen molar-refractivity contribution in [2.24, 2.45) is 0 Å². The first-order valence-electron chi connectivity index (χ1n) is 9.27. The Kier molecular flexibility index (Phi) is 6.92. The molecule has 0 aliphatic heterocycles. The number of carbonyl (C=O) groups is 2. The fourth-order valence-electron chi connectivity index (χ4n) is 2.87. The third-order valence-electron chi connectivity index (χ3n) is 4.43. The van der Waals surface area contributed by atoms with Gasteiger partial charge in [-0.3, -0.25) is 14.6 Å². The molecule has 0 bridgehead atoms. The van der Waals surface area contributed by atoms with Gasteiger partial charge in [0.25, 0.3) is 5.91 Å². The number of nitrogens with zero attached hydrogens (tertiary/aromatic N) is 1. The quantitative estimate of drug-likeness (QED) is 0.578. The van der Waals surface area contributed by atoms with Gasteiger partial charge in [0.2, 0.25) is 5.91 Å². The molecule has 1 aromatic heterocycles. The van der Waals surface area contributed by atoms with Gasteiger partial charge in [0, 0.05) is 24.5 Å². The van der Waals surface area contributed by atoms with Crippen molar-refractivity contribution in [2.75, 3.05) is 13.1 Å². The Morgan fingerprint density at radius 1 is 0.867 bits per heavy atom. The third kappa shape index (κ3) is 5.30. The van der Waals surface area contributed by atoms with Crippen molar-refractivity contribution in [3.05, 3.63) is 96.3 Å². The number of pyridine rings is 1. The summed E-state index contributed by atoms with van der Waals surface area (Å²) in [5, 5.41) is 4.11. The molecule has 0 saturated heterocycles. The minimum atomic E-state index is -3.77. The number of hydrogen-bond acceptors (Lipinski definition) is 5. The summed E-state index contributed by atoms with van der Waals surface area (Å²) in [6.45, 7) is -0.415. The van der Waals surface area contributed by atoms with Gasteiger partial charge in [0.1, 0.15) is 5.25 Å². The standard InChI is InChI=1S/C22H21N3O4S/c26-21(16-25-22(27)17-8-3-1-4-9-17)24-15-20(18-10-7-13-23-14-18)30(28,29)19-11-5-2-6-12-19/h1-14,20H,15-16H2,(H,24,26)(H,25,27). The lowest BCUT2D eigenvalue weighted by Crippen LogP contribution is -2.39. The lowest BCUT2D eigenvalue weighted by Gasteiger charge is -2.19. The minimum absolute atomic E-state index is 0.150. The summed E-state index contributed by atoms with van der Waals surface area (Å²) in [4.78, 5) is 28.5. The van der Waals surface area contributed by atoms with Crippen LogP contribution < -0.4 is 10.6 Å².